The van der Waals surface area contributed by atoms with Crippen molar-refractivity contribution >= 4 is 11.8 Å². The fraction of sp³-hybridized carbons (Fsp3) is 0.429. The minimum Gasteiger partial charge on any atom is -0.382 e. The molecule has 0 unspecified atom stereocenters. The van der Waals surface area contributed by atoms with Gasteiger partial charge in [0.05, 0.1) is 18.7 Å². The number of ether oxygens (including phenoxy) is 1. The van der Waals surface area contributed by atoms with E-state index in [1.807, 2.05) is 13.8 Å². The van der Waals surface area contributed by atoms with Gasteiger partial charge in [-0.2, -0.15) is 0 Å². The fourth-order valence-electron chi connectivity index (χ4n) is 1.71. The fourth-order valence-corrected chi connectivity index (χ4v) is 1.71. The van der Waals surface area contributed by atoms with Crippen molar-refractivity contribution in [1.29, 1.82) is 0 Å². The largest absolute Gasteiger partial charge is 0.382 e. The smallest absolute Gasteiger partial charge is 0.251 e. The van der Waals surface area contributed by atoms with E-state index in [0.29, 0.717) is 6.61 Å². The van der Waals surface area contributed by atoms with Gasteiger partial charge in [-0.3, -0.25) is 9.59 Å². The van der Waals surface area contributed by atoms with E-state index in [4.69, 9.17) is 4.74 Å². The van der Waals surface area contributed by atoms with Crippen molar-refractivity contribution < 1.29 is 18.7 Å². The molecule has 0 spiro atoms. The summed E-state index contributed by atoms with van der Waals surface area (Å²) in [6, 6.07) is 5.27. The molecule has 0 saturated carbocycles. The Kier molecular flexibility index (Phi) is 5.64. The zero-order chi connectivity index (χ0) is 15.2. The molecule has 5 nitrogen and oxygen atoms in total. The highest BCUT2D eigenvalue weighted by molar-refractivity contribution is 5.96. The second-order valence-corrected chi connectivity index (χ2v) is 5.06. The Morgan fingerprint density at radius 2 is 2.05 bits per heavy atom. The molecule has 0 heterocycles. The molecule has 0 aliphatic carbocycles. The third-order valence-electron chi connectivity index (χ3n) is 2.48. The first-order valence-corrected chi connectivity index (χ1v) is 6.18. The summed E-state index contributed by atoms with van der Waals surface area (Å²) in [6.45, 7) is 3.80. The number of carbonyl (C=O) groups is 2. The predicted octanol–water partition coefficient (Wildman–Crippen LogP) is 1.10. The summed E-state index contributed by atoms with van der Waals surface area (Å²) in [7, 11) is 1.54. The molecule has 0 fully saturated rings. The molecule has 1 rings (SSSR count). The summed E-state index contributed by atoms with van der Waals surface area (Å²) in [6.07, 6.45) is 0. The number of halogens is 1. The Balaban J connectivity index is 2.47. The maximum Gasteiger partial charge on any atom is 0.251 e. The number of hydrogen-bond donors (Lipinski definition) is 2. The maximum absolute atomic E-state index is 13.0. The van der Waals surface area contributed by atoms with Crippen molar-refractivity contribution in [2.24, 2.45) is 0 Å². The van der Waals surface area contributed by atoms with Crippen molar-refractivity contribution in [2.75, 3.05) is 20.3 Å². The van der Waals surface area contributed by atoms with Crippen LogP contribution in [-0.2, 0) is 9.53 Å². The molecule has 0 aliphatic rings. The Labute approximate surface area is 117 Å². The van der Waals surface area contributed by atoms with E-state index in [2.05, 4.69) is 10.6 Å². The summed E-state index contributed by atoms with van der Waals surface area (Å²) in [5, 5.41) is 5.15. The zero-order valence-electron chi connectivity index (χ0n) is 11.8. The van der Waals surface area contributed by atoms with Crippen molar-refractivity contribution in [1.82, 2.24) is 10.6 Å². The lowest BCUT2D eigenvalue weighted by atomic mass is 10.1. The highest BCUT2D eigenvalue weighted by Crippen LogP contribution is 2.03. The Bertz CT molecular complexity index is 489. The number of carbonyl (C=O) groups excluding carboxylic acids is 2. The first-order chi connectivity index (χ1) is 9.34. The van der Waals surface area contributed by atoms with Crippen LogP contribution < -0.4 is 10.6 Å². The molecule has 1 aromatic rings. The first kappa shape index (κ1) is 16.1. The van der Waals surface area contributed by atoms with Crippen LogP contribution in [0.3, 0.4) is 0 Å². The minimum atomic E-state index is -0.518. The second-order valence-electron chi connectivity index (χ2n) is 5.06. The average molecular weight is 282 g/mol. The van der Waals surface area contributed by atoms with Crippen LogP contribution in [-0.4, -0.2) is 37.6 Å². The molecule has 20 heavy (non-hydrogen) atoms. The number of methoxy groups -OCH3 is 1. The van der Waals surface area contributed by atoms with Crippen LogP contribution in [0.25, 0.3) is 0 Å². The van der Waals surface area contributed by atoms with Crippen LogP contribution in [0.1, 0.15) is 24.2 Å². The summed E-state index contributed by atoms with van der Waals surface area (Å²) in [5.41, 5.74) is -0.343. The zero-order valence-corrected chi connectivity index (χ0v) is 11.8. The van der Waals surface area contributed by atoms with Crippen LogP contribution in [0.2, 0.25) is 0 Å². The highest BCUT2D eigenvalue weighted by Gasteiger charge is 2.20. The summed E-state index contributed by atoms with van der Waals surface area (Å²) >= 11 is 0. The van der Waals surface area contributed by atoms with E-state index in [-0.39, 0.29) is 18.0 Å². The van der Waals surface area contributed by atoms with Gasteiger partial charge in [-0.25, -0.2) is 4.39 Å². The summed E-state index contributed by atoms with van der Waals surface area (Å²) in [5.74, 6) is -1.33. The van der Waals surface area contributed by atoms with E-state index in [0.717, 1.165) is 6.07 Å². The number of rotatable bonds is 6. The second kappa shape index (κ2) is 7.00. The van der Waals surface area contributed by atoms with Crippen LogP contribution in [0, 0.1) is 5.82 Å². The van der Waals surface area contributed by atoms with Gasteiger partial charge in [-0.1, -0.05) is 6.07 Å². The van der Waals surface area contributed by atoms with Gasteiger partial charge >= 0.3 is 0 Å². The van der Waals surface area contributed by atoms with Gasteiger partial charge in [-0.15, -0.1) is 0 Å². The first-order valence-electron chi connectivity index (χ1n) is 6.18. The Morgan fingerprint density at radius 1 is 1.35 bits per heavy atom. The van der Waals surface area contributed by atoms with Gasteiger partial charge in [0.1, 0.15) is 5.82 Å². The third-order valence-corrected chi connectivity index (χ3v) is 2.48. The summed E-state index contributed by atoms with van der Waals surface area (Å²) in [4.78, 5) is 23.4. The lowest BCUT2D eigenvalue weighted by molar-refractivity contribution is -0.122. The molecular formula is C14H19FN2O3. The van der Waals surface area contributed by atoms with Gasteiger partial charge in [-0.05, 0) is 32.0 Å². The molecule has 0 saturated heterocycles. The van der Waals surface area contributed by atoms with Crippen molar-refractivity contribution in [3.63, 3.8) is 0 Å². The SMILES string of the molecule is COCC(C)(C)NC(=O)CNC(=O)c1cccc(F)c1. The Hall–Kier alpha value is -1.95. The van der Waals surface area contributed by atoms with Gasteiger partial charge in [0.2, 0.25) is 5.91 Å². The quantitative estimate of drug-likeness (QED) is 0.821. The lowest BCUT2D eigenvalue weighted by Crippen LogP contribution is -2.50. The van der Waals surface area contributed by atoms with Crippen LogP contribution >= 0.6 is 0 Å². The third kappa shape index (κ3) is 5.36. The van der Waals surface area contributed by atoms with E-state index < -0.39 is 17.3 Å². The standard InChI is InChI=1S/C14H19FN2O3/c1-14(2,9-20-3)17-12(18)8-16-13(19)10-5-4-6-11(15)7-10/h4-7H,8-9H2,1-3H3,(H,16,19)(H,17,18). The number of nitrogens with one attached hydrogen (secondary N) is 2. The number of hydrogen-bond acceptors (Lipinski definition) is 3. The van der Waals surface area contributed by atoms with E-state index in [1.165, 1.54) is 18.2 Å². The molecule has 0 radical (unpaired) electrons. The van der Waals surface area contributed by atoms with Crippen LogP contribution in [0.15, 0.2) is 24.3 Å². The van der Waals surface area contributed by atoms with Crippen molar-refractivity contribution in [3.8, 4) is 0 Å². The normalized spacial score (nSPS) is 11.0. The number of benzene rings is 1. The van der Waals surface area contributed by atoms with E-state index >= 15 is 0 Å². The number of amides is 2. The van der Waals surface area contributed by atoms with Gasteiger partial charge < -0.3 is 15.4 Å². The van der Waals surface area contributed by atoms with Gasteiger partial charge in [0.15, 0.2) is 0 Å². The van der Waals surface area contributed by atoms with E-state index in [9.17, 15) is 14.0 Å². The van der Waals surface area contributed by atoms with E-state index in [1.54, 1.807) is 7.11 Å². The molecular weight excluding hydrogens is 263 g/mol. The van der Waals surface area contributed by atoms with Crippen LogP contribution in [0.4, 0.5) is 4.39 Å². The molecule has 6 heteroatoms. The van der Waals surface area contributed by atoms with Crippen LogP contribution in [0.5, 0.6) is 0 Å². The molecule has 110 valence electrons. The molecule has 0 bridgehead atoms. The Morgan fingerprint density at radius 3 is 2.65 bits per heavy atom. The summed E-state index contributed by atoms with van der Waals surface area (Å²) < 4.78 is 17.9. The van der Waals surface area contributed by atoms with Gasteiger partial charge in [0.25, 0.3) is 5.91 Å². The van der Waals surface area contributed by atoms with Crippen molar-refractivity contribution in [3.05, 3.63) is 35.6 Å². The maximum atomic E-state index is 13.0. The predicted molar refractivity (Wildman–Crippen MR) is 72.8 cm³/mol. The molecule has 2 amide bonds. The topological polar surface area (TPSA) is 67.4 Å². The molecule has 2 N–H and O–H groups in total. The molecule has 0 aromatic heterocycles. The molecule has 1 aromatic carbocycles. The lowest BCUT2D eigenvalue weighted by Gasteiger charge is -2.25. The average Bonchev–Trinajstić information content (AvgIpc) is 2.35. The monoisotopic (exact) mass is 282 g/mol. The van der Waals surface area contributed by atoms with Crippen molar-refractivity contribution in [2.45, 2.75) is 19.4 Å². The highest BCUT2D eigenvalue weighted by atomic mass is 19.1. The molecule has 0 aliphatic heterocycles. The van der Waals surface area contributed by atoms with Gasteiger partial charge in [0, 0.05) is 12.7 Å². The minimum absolute atomic E-state index is 0.175. The molecule has 0 atom stereocenters.